The van der Waals surface area contributed by atoms with Gasteiger partial charge in [-0.1, -0.05) is 29.8 Å². The van der Waals surface area contributed by atoms with E-state index in [2.05, 4.69) is 5.32 Å². The van der Waals surface area contributed by atoms with E-state index >= 15 is 0 Å². The average molecular weight is 438 g/mol. The highest BCUT2D eigenvalue weighted by Gasteiger charge is 2.17. The van der Waals surface area contributed by atoms with E-state index < -0.39 is 0 Å². The number of carbonyl (C=O) groups is 1. The topological polar surface area (TPSA) is 77.2 Å². The predicted molar refractivity (Wildman–Crippen MR) is 124 cm³/mol. The van der Waals surface area contributed by atoms with Gasteiger partial charge in [-0.2, -0.15) is 0 Å². The third-order valence-corrected chi connectivity index (χ3v) is 6.31. The average Bonchev–Trinajstić information content (AvgIpc) is 3.11. The lowest BCUT2D eigenvalue weighted by molar-refractivity contribution is 0.0959. The fraction of sp³-hybridized carbons (Fsp3) is 0.130. The first-order valence-corrected chi connectivity index (χ1v) is 10.6. The van der Waals surface area contributed by atoms with Crippen LogP contribution in [-0.4, -0.2) is 24.5 Å². The zero-order valence-electron chi connectivity index (χ0n) is 16.3. The van der Waals surface area contributed by atoms with Crippen LogP contribution in [0, 0.1) is 0 Å². The molecule has 30 heavy (non-hydrogen) atoms. The third-order valence-electron chi connectivity index (χ3n) is 4.82. The van der Waals surface area contributed by atoms with Crippen molar-refractivity contribution in [3.8, 4) is 17.0 Å². The summed E-state index contributed by atoms with van der Waals surface area (Å²) >= 11 is 7.47. The maximum Gasteiger partial charge on any atom is 0.263 e. The van der Waals surface area contributed by atoms with Crippen LogP contribution in [0.3, 0.4) is 0 Å². The Morgan fingerprint density at radius 2 is 1.90 bits per heavy atom. The molecule has 4 aromatic rings. The first-order valence-electron chi connectivity index (χ1n) is 9.42. The normalized spacial score (nSPS) is 10.9. The van der Waals surface area contributed by atoms with Crippen molar-refractivity contribution in [2.75, 3.05) is 19.4 Å². The summed E-state index contributed by atoms with van der Waals surface area (Å²) in [7, 11) is 1.63. The fourth-order valence-electron chi connectivity index (χ4n) is 3.18. The van der Waals surface area contributed by atoms with Crippen LogP contribution in [0.15, 0.2) is 60.7 Å². The minimum Gasteiger partial charge on any atom is -0.497 e. The van der Waals surface area contributed by atoms with E-state index in [1.165, 1.54) is 11.3 Å². The van der Waals surface area contributed by atoms with E-state index in [9.17, 15) is 4.79 Å². The second kappa shape index (κ2) is 8.73. The number of halogens is 1. The number of aromatic nitrogens is 1. The summed E-state index contributed by atoms with van der Waals surface area (Å²) in [5, 5.41) is 4.41. The molecule has 0 unspecified atom stereocenters. The first kappa shape index (κ1) is 20.2. The number of fused-ring (bicyclic) bond motifs is 1. The number of carbonyl (C=O) groups excluding carboxylic acids is 1. The molecule has 0 aliphatic rings. The monoisotopic (exact) mass is 437 g/mol. The van der Waals surface area contributed by atoms with Crippen LogP contribution < -0.4 is 15.8 Å². The van der Waals surface area contributed by atoms with Crippen molar-refractivity contribution < 1.29 is 9.53 Å². The van der Waals surface area contributed by atoms with Crippen molar-refractivity contribution in [1.82, 2.24) is 10.3 Å². The van der Waals surface area contributed by atoms with E-state index in [-0.39, 0.29) is 5.91 Å². The molecule has 0 bridgehead atoms. The van der Waals surface area contributed by atoms with Crippen LogP contribution in [0.5, 0.6) is 5.75 Å². The molecule has 0 aliphatic heterocycles. The van der Waals surface area contributed by atoms with Gasteiger partial charge < -0.3 is 15.8 Å². The number of nitrogen functional groups attached to an aromatic ring is 1. The van der Waals surface area contributed by atoms with Crippen molar-refractivity contribution in [2.45, 2.75) is 6.42 Å². The molecule has 2 aromatic carbocycles. The molecule has 0 radical (unpaired) electrons. The molecule has 152 valence electrons. The van der Waals surface area contributed by atoms with E-state index in [1.807, 2.05) is 60.7 Å². The van der Waals surface area contributed by atoms with Crippen LogP contribution in [-0.2, 0) is 6.42 Å². The van der Waals surface area contributed by atoms with Gasteiger partial charge in [0.05, 0.1) is 18.5 Å². The maximum absolute atomic E-state index is 12.7. The van der Waals surface area contributed by atoms with Crippen LogP contribution in [0.4, 0.5) is 5.69 Å². The van der Waals surface area contributed by atoms with Gasteiger partial charge in [0.2, 0.25) is 0 Å². The van der Waals surface area contributed by atoms with Crippen molar-refractivity contribution in [1.29, 1.82) is 0 Å². The van der Waals surface area contributed by atoms with Gasteiger partial charge >= 0.3 is 0 Å². The molecular weight excluding hydrogens is 418 g/mol. The molecule has 4 rings (SSSR count). The Balaban J connectivity index is 1.52. The summed E-state index contributed by atoms with van der Waals surface area (Å²) in [5.74, 6) is 0.587. The Labute approximate surface area is 183 Å². The van der Waals surface area contributed by atoms with Gasteiger partial charge in [0, 0.05) is 22.5 Å². The standard InChI is InChI=1S/C23H20ClN3O2S/c1-29-16-8-6-15(7-9-16)19-11-10-17-20(25)21(30-23(17)27-19)22(28)26-13-12-14-4-2-3-5-18(14)24/h2-11H,12-13,25H2,1H3,(H,26,28). The quantitative estimate of drug-likeness (QED) is 0.435. The zero-order chi connectivity index (χ0) is 21.1. The highest BCUT2D eigenvalue weighted by Crippen LogP contribution is 2.34. The van der Waals surface area contributed by atoms with Crippen molar-refractivity contribution >= 4 is 44.7 Å². The number of benzene rings is 2. The van der Waals surface area contributed by atoms with Crippen LogP contribution in [0.1, 0.15) is 15.2 Å². The molecule has 3 N–H and O–H groups in total. The number of thiophene rings is 1. The summed E-state index contributed by atoms with van der Waals surface area (Å²) in [6, 6.07) is 19.1. The van der Waals surface area contributed by atoms with E-state index in [4.69, 9.17) is 27.1 Å². The summed E-state index contributed by atoms with van der Waals surface area (Å²) in [4.78, 5) is 18.6. The van der Waals surface area contributed by atoms with Crippen molar-refractivity contribution in [3.05, 3.63) is 76.1 Å². The molecule has 7 heteroatoms. The van der Waals surface area contributed by atoms with Gasteiger partial charge in [-0.3, -0.25) is 4.79 Å². The van der Waals surface area contributed by atoms with Gasteiger partial charge in [-0.05, 0) is 54.4 Å². The Morgan fingerprint density at radius 1 is 1.13 bits per heavy atom. The number of rotatable bonds is 6. The SMILES string of the molecule is COc1ccc(-c2ccc3c(N)c(C(=O)NCCc4ccccc4Cl)sc3n2)cc1. The second-order valence-electron chi connectivity index (χ2n) is 6.72. The smallest absolute Gasteiger partial charge is 0.263 e. The number of anilines is 1. The van der Waals surface area contributed by atoms with Crippen LogP contribution >= 0.6 is 22.9 Å². The number of pyridine rings is 1. The minimum absolute atomic E-state index is 0.200. The summed E-state index contributed by atoms with van der Waals surface area (Å²) in [6.07, 6.45) is 0.649. The summed E-state index contributed by atoms with van der Waals surface area (Å²) in [5.41, 5.74) is 9.48. The molecule has 0 aliphatic carbocycles. The predicted octanol–water partition coefficient (Wildman–Crippen LogP) is 5.18. The molecule has 0 fully saturated rings. The molecule has 5 nitrogen and oxygen atoms in total. The van der Waals surface area contributed by atoms with E-state index in [0.717, 1.165) is 32.8 Å². The van der Waals surface area contributed by atoms with Gasteiger partial charge in [0.1, 0.15) is 15.5 Å². The van der Waals surface area contributed by atoms with E-state index in [0.29, 0.717) is 28.6 Å². The highest BCUT2D eigenvalue weighted by molar-refractivity contribution is 7.21. The lowest BCUT2D eigenvalue weighted by atomic mass is 10.1. The molecule has 2 aromatic heterocycles. The van der Waals surface area contributed by atoms with Crippen molar-refractivity contribution in [3.63, 3.8) is 0 Å². The number of nitrogens with one attached hydrogen (secondary N) is 1. The molecule has 1 amide bonds. The molecule has 0 saturated heterocycles. The third kappa shape index (κ3) is 4.10. The van der Waals surface area contributed by atoms with Gasteiger partial charge in [-0.25, -0.2) is 4.98 Å². The molecule has 0 spiro atoms. The van der Waals surface area contributed by atoms with E-state index in [1.54, 1.807) is 7.11 Å². The number of nitrogens with zero attached hydrogens (tertiary/aromatic N) is 1. The van der Waals surface area contributed by atoms with Gasteiger partial charge in [0.25, 0.3) is 5.91 Å². The minimum atomic E-state index is -0.200. The number of nitrogens with two attached hydrogens (primary N) is 1. The molecule has 0 saturated carbocycles. The van der Waals surface area contributed by atoms with Crippen LogP contribution in [0.25, 0.3) is 21.5 Å². The zero-order valence-corrected chi connectivity index (χ0v) is 17.9. The number of hydrogen-bond acceptors (Lipinski definition) is 5. The summed E-state index contributed by atoms with van der Waals surface area (Å²) in [6.45, 7) is 0.473. The number of hydrogen-bond donors (Lipinski definition) is 2. The molecular formula is C23H20ClN3O2S. The van der Waals surface area contributed by atoms with Gasteiger partial charge in [-0.15, -0.1) is 11.3 Å². The summed E-state index contributed by atoms with van der Waals surface area (Å²) < 4.78 is 5.20. The number of ether oxygens (including phenoxy) is 1. The molecule has 0 atom stereocenters. The maximum atomic E-state index is 12.7. The van der Waals surface area contributed by atoms with Crippen LogP contribution in [0.2, 0.25) is 5.02 Å². The molecule has 2 heterocycles. The lowest BCUT2D eigenvalue weighted by Gasteiger charge is -2.06. The Hall–Kier alpha value is -3.09. The highest BCUT2D eigenvalue weighted by atomic mass is 35.5. The second-order valence-corrected chi connectivity index (χ2v) is 8.13. The largest absolute Gasteiger partial charge is 0.497 e. The Bertz CT molecular complexity index is 1210. The fourth-order valence-corrected chi connectivity index (χ4v) is 4.42. The number of amides is 1. The lowest BCUT2D eigenvalue weighted by Crippen LogP contribution is -2.25. The first-order chi connectivity index (χ1) is 14.6. The number of methoxy groups -OCH3 is 1. The Morgan fingerprint density at radius 3 is 2.63 bits per heavy atom. The Kier molecular flexibility index (Phi) is 5.88. The van der Waals surface area contributed by atoms with Gasteiger partial charge in [0.15, 0.2) is 0 Å². The van der Waals surface area contributed by atoms with Crippen molar-refractivity contribution in [2.24, 2.45) is 0 Å².